The van der Waals surface area contributed by atoms with E-state index < -0.39 is 17.6 Å². The zero-order valence-corrected chi connectivity index (χ0v) is 19.5. The highest BCUT2D eigenvalue weighted by molar-refractivity contribution is 6.04. The Kier molecular flexibility index (Phi) is 5.12. The summed E-state index contributed by atoms with van der Waals surface area (Å²) >= 11 is 0. The molecule has 2 aromatic carbocycles. The smallest absolute Gasteiger partial charge is 0.382 e. The number of H-pyrrole nitrogens is 1. The second kappa shape index (κ2) is 7.83. The molecule has 9 heteroatoms. The number of nitrogens with zero attached hydrogens (tertiary/aromatic N) is 2. The van der Waals surface area contributed by atoms with E-state index in [4.69, 9.17) is 10.7 Å². The van der Waals surface area contributed by atoms with Crippen LogP contribution >= 0.6 is 0 Å². The number of carbonyl (C=O) groups excluding carboxylic acids is 1. The number of pyridine rings is 1. The summed E-state index contributed by atoms with van der Waals surface area (Å²) in [5.41, 5.74) is 11.1. The predicted molar refractivity (Wildman–Crippen MR) is 129 cm³/mol. The lowest BCUT2D eigenvalue weighted by Crippen LogP contribution is -2.14. The van der Waals surface area contributed by atoms with Gasteiger partial charge in [0.05, 0.1) is 16.6 Å². The summed E-state index contributed by atoms with van der Waals surface area (Å²) in [5.74, 6) is -0.200. The van der Waals surface area contributed by atoms with Crippen molar-refractivity contribution in [2.45, 2.75) is 39.8 Å². The third-order valence-corrected chi connectivity index (χ3v) is 6.46. The van der Waals surface area contributed by atoms with E-state index in [0.717, 1.165) is 58.3 Å². The molecule has 0 saturated carbocycles. The first kappa shape index (κ1) is 22.9. The standard InChI is InChI=1S/C26H24F3N5O/c1-13-7-8-16(31-24(35)14-5-4-6-15(9-14)26(27,28)29)10-17(13)21-19-12-25(2,3)11-18(19)20-22(30)33-34-23(20)32-21/h4-10H,11-12H2,1-3H3,(H,31,35)(H3,30,32,33,34). The fourth-order valence-corrected chi connectivity index (χ4v) is 4.82. The van der Waals surface area contributed by atoms with Crippen LogP contribution in [0, 0.1) is 12.3 Å². The molecule has 1 aliphatic rings. The van der Waals surface area contributed by atoms with Crippen molar-refractivity contribution in [3.8, 4) is 11.3 Å². The van der Waals surface area contributed by atoms with Crippen LogP contribution in [0.2, 0.25) is 0 Å². The van der Waals surface area contributed by atoms with Crippen LogP contribution in [0.3, 0.4) is 0 Å². The molecule has 0 spiro atoms. The van der Waals surface area contributed by atoms with Crippen LogP contribution in [-0.4, -0.2) is 21.1 Å². The fraction of sp³-hybridized carbons (Fsp3) is 0.269. The van der Waals surface area contributed by atoms with Crippen molar-refractivity contribution in [1.29, 1.82) is 0 Å². The maximum atomic E-state index is 13.1. The van der Waals surface area contributed by atoms with Gasteiger partial charge in [-0.25, -0.2) is 4.98 Å². The Morgan fingerprint density at radius 1 is 1.11 bits per heavy atom. The number of halogens is 3. The van der Waals surface area contributed by atoms with Crippen molar-refractivity contribution < 1.29 is 18.0 Å². The van der Waals surface area contributed by atoms with Crippen molar-refractivity contribution in [1.82, 2.24) is 15.2 Å². The van der Waals surface area contributed by atoms with Crippen LogP contribution in [-0.2, 0) is 19.0 Å². The molecule has 4 aromatic rings. The Morgan fingerprint density at radius 2 is 1.86 bits per heavy atom. The molecule has 5 rings (SSSR count). The van der Waals surface area contributed by atoms with Gasteiger partial charge in [0.25, 0.3) is 5.91 Å². The van der Waals surface area contributed by atoms with E-state index in [9.17, 15) is 18.0 Å². The predicted octanol–water partition coefficient (Wildman–Crippen LogP) is 5.91. The molecule has 2 aromatic heterocycles. The maximum Gasteiger partial charge on any atom is 0.416 e. The van der Waals surface area contributed by atoms with Crippen LogP contribution in [0.25, 0.3) is 22.3 Å². The monoisotopic (exact) mass is 479 g/mol. The molecule has 0 unspecified atom stereocenters. The number of fused-ring (bicyclic) bond motifs is 3. The number of alkyl halides is 3. The SMILES string of the molecule is Cc1ccc(NC(=O)c2cccc(C(F)(F)F)c2)cc1-c1nc2[nH]nc(N)c2c2c1CC(C)(C)C2. The molecular weight excluding hydrogens is 455 g/mol. The van der Waals surface area contributed by atoms with Gasteiger partial charge >= 0.3 is 6.18 Å². The lowest BCUT2D eigenvalue weighted by Gasteiger charge is -2.16. The molecule has 0 saturated heterocycles. The molecule has 0 atom stereocenters. The largest absolute Gasteiger partial charge is 0.416 e. The number of nitrogens with one attached hydrogen (secondary N) is 2. The second-order valence-corrected chi connectivity index (χ2v) is 9.83. The van der Waals surface area contributed by atoms with Gasteiger partial charge in [0.2, 0.25) is 0 Å². The molecule has 35 heavy (non-hydrogen) atoms. The normalized spacial score (nSPS) is 14.8. The van der Waals surface area contributed by atoms with Crippen LogP contribution in [0.1, 0.15) is 46.5 Å². The third kappa shape index (κ3) is 4.11. The molecule has 1 aliphatic carbocycles. The van der Waals surface area contributed by atoms with Crippen molar-refractivity contribution in [3.63, 3.8) is 0 Å². The lowest BCUT2D eigenvalue weighted by molar-refractivity contribution is -0.137. The van der Waals surface area contributed by atoms with Gasteiger partial charge in [-0.1, -0.05) is 26.0 Å². The summed E-state index contributed by atoms with van der Waals surface area (Å²) < 4.78 is 39.2. The Hall–Kier alpha value is -3.88. The minimum absolute atomic E-state index is 0.0278. The van der Waals surface area contributed by atoms with Crippen LogP contribution < -0.4 is 11.1 Å². The van der Waals surface area contributed by atoms with Gasteiger partial charge in [-0.15, -0.1) is 0 Å². The van der Waals surface area contributed by atoms with E-state index in [0.29, 0.717) is 17.2 Å². The van der Waals surface area contributed by atoms with Crippen LogP contribution in [0.5, 0.6) is 0 Å². The van der Waals surface area contributed by atoms with Crippen molar-refractivity contribution in [3.05, 3.63) is 70.3 Å². The molecule has 0 aliphatic heterocycles. The average molecular weight is 480 g/mol. The van der Waals surface area contributed by atoms with E-state index in [2.05, 4.69) is 29.4 Å². The van der Waals surface area contributed by atoms with Gasteiger partial charge in [-0.2, -0.15) is 18.3 Å². The third-order valence-electron chi connectivity index (χ3n) is 6.46. The number of carbonyl (C=O) groups is 1. The maximum absolute atomic E-state index is 13.1. The van der Waals surface area contributed by atoms with E-state index in [1.54, 1.807) is 12.1 Å². The van der Waals surface area contributed by atoms with Gasteiger partial charge in [-0.05, 0) is 72.2 Å². The number of rotatable bonds is 3. The average Bonchev–Trinajstić information content (AvgIpc) is 3.32. The number of nitrogens with two attached hydrogens (primary N) is 1. The first-order valence-corrected chi connectivity index (χ1v) is 11.2. The van der Waals surface area contributed by atoms with Crippen LogP contribution in [0.4, 0.5) is 24.7 Å². The molecule has 0 radical (unpaired) electrons. The number of aromatic nitrogens is 3. The Labute approximate surface area is 199 Å². The molecule has 4 N–H and O–H groups in total. The number of anilines is 2. The van der Waals surface area contributed by atoms with Gasteiger partial charge in [0.1, 0.15) is 0 Å². The van der Waals surface area contributed by atoms with Gasteiger partial charge in [0, 0.05) is 16.8 Å². The number of hydrogen-bond acceptors (Lipinski definition) is 4. The Morgan fingerprint density at radius 3 is 2.60 bits per heavy atom. The molecule has 2 heterocycles. The molecule has 0 fully saturated rings. The minimum atomic E-state index is -4.53. The number of aromatic amines is 1. The van der Waals surface area contributed by atoms with E-state index >= 15 is 0 Å². The number of benzene rings is 2. The zero-order valence-electron chi connectivity index (χ0n) is 19.5. The molecule has 6 nitrogen and oxygen atoms in total. The van der Waals surface area contributed by atoms with Gasteiger partial charge in [0.15, 0.2) is 11.5 Å². The number of hydrogen-bond donors (Lipinski definition) is 3. The first-order valence-electron chi connectivity index (χ1n) is 11.2. The summed E-state index contributed by atoms with van der Waals surface area (Å²) in [6, 6.07) is 9.74. The zero-order chi connectivity index (χ0) is 25.1. The summed E-state index contributed by atoms with van der Waals surface area (Å²) in [6.07, 6.45) is -2.88. The molecular formula is C26H24F3N5O. The van der Waals surface area contributed by atoms with Gasteiger partial charge < -0.3 is 11.1 Å². The molecule has 180 valence electrons. The Balaban J connectivity index is 1.55. The fourth-order valence-electron chi connectivity index (χ4n) is 4.82. The van der Waals surface area contributed by atoms with Crippen molar-refractivity contribution in [2.24, 2.45) is 5.41 Å². The summed E-state index contributed by atoms with van der Waals surface area (Å²) in [5, 5.41) is 10.6. The number of aryl methyl sites for hydroxylation is 1. The molecule has 1 amide bonds. The quantitative estimate of drug-likeness (QED) is 0.340. The topological polar surface area (TPSA) is 96.7 Å². The highest BCUT2D eigenvalue weighted by Gasteiger charge is 2.34. The lowest BCUT2D eigenvalue weighted by atomic mass is 9.89. The first-order chi connectivity index (χ1) is 16.4. The number of amides is 1. The van der Waals surface area contributed by atoms with Crippen LogP contribution in [0.15, 0.2) is 42.5 Å². The van der Waals surface area contributed by atoms with E-state index in [1.165, 1.54) is 12.1 Å². The second-order valence-electron chi connectivity index (χ2n) is 9.83. The van der Waals surface area contributed by atoms with E-state index in [1.807, 2.05) is 13.0 Å². The summed E-state index contributed by atoms with van der Waals surface area (Å²) in [6.45, 7) is 6.34. The van der Waals surface area contributed by atoms with Gasteiger partial charge in [-0.3, -0.25) is 9.89 Å². The van der Waals surface area contributed by atoms with Crippen molar-refractivity contribution >= 4 is 28.4 Å². The molecule has 0 bridgehead atoms. The highest BCUT2D eigenvalue weighted by Crippen LogP contribution is 2.45. The van der Waals surface area contributed by atoms with Crippen molar-refractivity contribution in [2.75, 3.05) is 11.1 Å². The highest BCUT2D eigenvalue weighted by atomic mass is 19.4. The Bertz CT molecular complexity index is 1490. The summed E-state index contributed by atoms with van der Waals surface area (Å²) in [7, 11) is 0. The number of nitrogen functional groups attached to an aromatic ring is 1. The minimum Gasteiger partial charge on any atom is -0.382 e. The van der Waals surface area contributed by atoms with E-state index in [-0.39, 0.29) is 11.0 Å². The summed E-state index contributed by atoms with van der Waals surface area (Å²) in [4.78, 5) is 17.6.